The Morgan fingerprint density at radius 2 is 1.81 bits per heavy atom. The van der Waals surface area contributed by atoms with Crippen molar-refractivity contribution in [3.05, 3.63) is 89.7 Å². The molecule has 1 unspecified atom stereocenters. The quantitative estimate of drug-likeness (QED) is 0.510. The highest BCUT2D eigenvalue weighted by Gasteiger charge is 2.17. The molecule has 0 aliphatic rings. The minimum Gasteiger partial charge on any atom is -0.497 e. The Balaban J connectivity index is 1.55. The highest BCUT2D eigenvalue weighted by molar-refractivity contribution is 5.79. The Hall–Kier alpha value is -3.87. The lowest BCUT2D eigenvalue weighted by Gasteiger charge is -2.18. The molecular formula is C25H27N3O4. The molecule has 0 fully saturated rings. The van der Waals surface area contributed by atoms with Gasteiger partial charge >= 0.3 is 0 Å². The van der Waals surface area contributed by atoms with Crippen molar-refractivity contribution in [2.45, 2.75) is 32.5 Å². The summed E-state index contributed by atoms with van der Waals surface area (Å²) in [4.78, 5) is 28.4. The van der Waals surface area contributed by atoms with Crippen LogP contribution in [0.1, 0.15) is 36.2 Å². The maximum Gasteiger partial charge on any atom is 0.222 e. The number of nitrogens with zero attached hydrogens (tertiary/aromatic N) is 1. The number of aromatic nitrogens is 1. The average Bonchev–Trinajstić information content (AvgIpc) is 2.82. The minimum absolute atomic E-state index is 0.127. The van der Waals surface area contributed by atoms with Crippen LogP contribution in [0.15, 0.2) is 72.9 Å². The summed E-state index contributed by atoms with van der Waals surface area (Å²) in [6, 6.07) is 20.1. The topological polar surface area (TPSA) is 89.6 Å². The molecule has 2 aromatic carbocycles. The van der Waals surface area contributed by atoms with Gasteiger partial charge in [-0.05, 0) is 47.5 Å². The molecule has 3 aromatic rings. The zero-order chi connectivity index (χ0) is 22.8. The van der Waals surface area contributed by atoms with E-state index in [9.17, 15) is 9.59 Å². The van der Waals surface area contributed by atoms with Crippen molar-refractivity contribution >= 4 is 11.8 Å². The summed E-state index contributed by atoms with van der Waals surface area (Å²) in [5.41, 5.74) is 2.59. The molecule has 32 heavy (non-hydrogen) atoms. The van der Waals surface area contributed by atoms with Crippen molar-refractivity contribution in [3.8, 4) is 11.5 Å². The molecule has 1 atom stereocenters. The predicted molar refractivity (Wildman–Crippen MR) is 121 cm³/mol. The van der Waals surface area contributed by atoms with E-state index in [0.29, 0.717) is 24.7 Å². The van der Waals surface area contributed by atoms with E-state index < -0.39 is 6.04 Å². The van der Waals surface area contributed by atoms with E-state index in [1.807, 2.05) is 54.6 Å². The van der Waals surface area contributed by atoms with Crippen molar-refractivity contribution < 1.29 is 19.1 Å². The van der Waals surface area contributed by atoms with Crippen LogP contribution < -0.4 is 20.1 Å². The van der Waals surface area contributed by atoms with Crippen LogP contribution in [-0.2, 0) is 22.7 Å². The molecule has 1 heterocycles. The molecule has 0 spiro atoms. The lowest BCUT2D eigenvalue weighted by molar-refractivity contribution is -0.122. The molecule has 7 nitrogen and oxygen atoms in total. The van der Waals surface area contributed by atoms with Gasteiger partial charge in [-0.2, -0.15) is 0 Å². The smallest absolute Gasteiger partial charge is 0.222 e. The van der Waals surface area contributed by atoms with Gasteiger partial charge in [-0.3, -0.25) is 14.6 Å². The second-order valence-electron chi connectivity index (χ2n) is 7.26. The van der Waals surface area contributed by atoms with Gasteiger partial charge < -0.3 is 20.1 Å². The van der Waals surface area contributed by atoms with Gasteiger partial charge in [0, 0.05) is 19.7 Å². The molecule has 7 heteroatoms. The third-order valence-electron chi connectivity index (χ3n) is 4.79. The van der Waals surface area contributed by atoms with E-state index in [1.165, 1.54) is 6.92 Å². The number of methoxy groups -OCH3 is 1. The Bertz CT molecular complexity index is 1020. The molecule has 0 aliphatic heterocycles. The fourth-order valence-corrected chi connectivity index (χ4v) is 3.18. The Morgan fingerprint density at radius 3 is 2.50 bits per heavy atom. The molecule has 1 aromatic heterocycles. The molecule has 0 saturated carbocycles. The van der Waals surface area contributed by atoms with Crippen LogP contribution in [0.2, 0.25) is 0 Å². The highest BCUT2D eigenvalue weighted by Crippen LogP contribution is 2.21. The summed E-state index contributed by atoms with van der Waals surface area (Å²) in [5.74, 6) is 1.05. The van der Waals surface area contributed by atoms with Crippen LogP contribution in [0, 0.1) is 0 Å². The van der Waals surface area contributed by atoms with Gasteiger partial charge in [0.1, 0.15) is 18.1 Å². The van der Waals surface area contributed by atoms with Crippen LogP contribution in [0.4, 0.5) is 0 Å². The van der Waals surface area contributed by atoms with E-state index in [4.69, 9.17) is 9.47 Å². The molecule has 0 saturated heterocycles. The summed E-state index contributed by atoms with van der Waals surface area (Å²) in [5, 5.41) is 5.75. The van der Waals surface area contributed by atoms with Gasteiger partial charge in [0.25, 0.3) is 0 Å². The maximum atomic E-state index is 12.6. The molecule has 166 valence electrons. The van der Waals surface area contributed by atoms with Gasteiger partial charge in [0.2, 0.25) is 11.8 Å². The summed E-state index contributed by atoms with van der Waals surface area (Å²) in [6.45, 7) is 2.16. The number of carbonyl (C=O) groups excluding carboxylic acids is 2. The second kappa shape index (κ2) is 11.5. The lowest BCUT2D eigenvalue weighted by atomic mass is 10.0. The number of carbonyl (C=O) groups is 2. The number of hydrogen-bond acceptors (Lipinski definition) is 5. The van der Waals surface area contributed by atoms with Crippen molar-refractivity contribution in [1.82, 2.24) is 15.6 Å². The number of ether oxygens (including phenoxy) is 2. The zero-order valence-corrected chi connectivity index (χ0v) is 18.2. The first-order valence-electron chi connectivity index (χ1n) is 10.3. The van der Waals surface area contributed by atoms with Crippen molar-refractivity contribution in [3.63, 3.8) is 0 Å². The first-order chi connectivity index (χ1) is 15.5. The first kappa shape index (κ1) is 22.8. The largest absolute Gasteiger partial charge is 0.497 e. The molecule has 2 amide bonds. The molecule has 0 radical (unpaired) electrons. The minimum atomic E-state index is -0.425. The highest BCUT2D eigenvalue weighted by atomic mass is 16.5. The Kier molecular flexibility index (Phi) is 8.20. The third-order valence-corrected chi connectivity index (χ3v) is 4.79. The number of benzene rings is 2. The van der Waals surface area contributed by atoms with E-state index in [-0.39, 0.29) is 18.2 Å². The monoisotopic (exact) mass is 433 g/mol. The van der Waals surface area contributed by atoms with Crippen molar-refractivity contribution in [1.29, 1.82) is 0 Å². The van der Waals surface area contributed by atoms with Crippen LogP contribution in [0.5, 0.6) is 11.5 Å². The lowest BCUT2D eigenvalue weighted by Crippen LogP contribution is -2.32. The van der Waals surface area contributed by atoms with Gasteiger partial charge in [-0.25, -0.2) is 0 Å². The normalized spacial score (nSPS) is 11.3. The van der Waals surface area contributed by atoms with Gasteiger partial charge in [-0.1, -0.05) is 30.3 Å². The predicted octanol–water partition coefficient (Wildman–Crippen LogP) is 3.55. The molecule has 2 N–H and O–H groups in total. The fraction of sp³-hybridized carbons (Fsp3) is 0.240. The summed E-state index contributed by atoms with van der Waals surface area (Å²) >= 11 is 0. The molecule has 0 aliphatic carbocycles. The summed E-state index contributed by atoms with van der Waals surface area (Å²) in [7, 11) is 1.59. The van der Waals surface area contributed by atoms with Crippen LogP contribution in [-0.4, -0.2) is 23.9 Å². The van der Waals surface area contributed by atoms with Crippen LogP contribution in [0.25, 0.3) is 0 Å². The average molecular weight is 434 g/mol. The summed E-state index contributed by atoms with van der Waals surface area (Å²) < 4.78 is 11.0. The zero-order valence-electron chi connectivity index (χ0n) is 18.2. The van der Waals surface area contributed by atoms with E-state index in [2.05, 4.69) is 15.6 Å². The molecule has 3 rings (SSSR count). The first-order valence-corrected chi connectivity index (χ1v) is 10.3. The van der Waals surface area contributed by atoms with E-state index in [1.54, 1.807) is 25.4 Å². The van der Waals surface area contributed by atoms with Gasteiger partial charge in [0.05, 0.1) is 25.3 Å². The Labute approximate surface area is 187 Å². The third kappa shape index (κ3) is 7.12. The van der Waals surface area contributed by atoms with E-state index in [0.717, 1.165) is 16.8 Å². The number of pyridine rings is 1. The van der Waals surface area contributed by atoms with Crippen LogP contribution in [0.3, 0.4) is 0 Å². The SMILES string of the molecule is COc1ccc(C(CC(=O)NCc2cccc(OCc3ccccn3)c2)NC(C)=O)cc1. The molecular weight excluding hydrogens is 406 g/mol. The van der Waals surface area contributed by atoms with Gasteiger partial charge in [-0.15, -0.1) is 0 Å². The summed E-state index contributed by atoms with van der Waals surface area (Å²) in [6.07, 6.45) is 1.85. The van der Waals surface area contributed by atoms with Crippen molar-refractivity contribution in [2.75, 3.05) is 7.11 Å². The number of hydrogen-bond donors (Lipinski definition) is 2. The van der Waals surface area contributed by atoms with E-state index >= 15 is 0 Å². The number of rotatable bonds is 10. The maximum absolute atomic E-state index is 12.6. The number of nitrogens with one attached hydrogen (secondary N) is 2. The molecule has 0 bridgehead atoms. The van der Waals surface area contributed by atoms with Crippen molar-refractivity contribution in [2.24, 2.45) is 0 Å². The number of amides is 2. The standard InChI is InChI=1S/C25H27N3O4/c1-18(29)28-24(20-9-11-22(31-2)12-10-20)15-25(30)27-16-19-6-5-8-23(14-19)32-17-21-7-3-4-13-26-21/h3-14,24H,15-17H2,1-2H3,(H,27,30)(H,28,29). The van der Waals surface area contributed by atoms with Crippen LogP contribution >= 0.6 is 0 Å². The Morgan fingerprint density at radius 1 is 1.00 bits per heavy atom. The fourth-order valence-electron chi connectivity index (χ4n) is 3.18. The van der Waals surface area contributed by atoms with Gasteiger partial charge in [0.15, 0.2) is 0 Å². The second-order valence-corrected chi connectivity index (χ2v) is 7.26.